The van der Waals surface area contributed by atoms with E-state index in [2.05, 4.69) is 52.7 Å². The molecule has 2 unspecified atom stereocenters. The number of carbonyl (C=O) groups is 12. The van der Waals surface area contributed by atoms with E-state index < -0.39 is 151 Å². The van der Waals surface area contributed by atoms with Crippen LogP contribution in [0, 0.1) is 0 Å². The van der Waals surface area contributed by atoms with Crippen molar-refractivity contribution in [2.45, 2.75) is 169 Å². The van der Waals surface area contributed by atoms with Gasteiger partial charge in [-0.25, -0.2) is 0 Å². The summed E-state index contributed by atoms with van der Waals surface area (Å²) in [6.45, 7) is 1.26. The van der Waals surface area contributed by atoms with Gasteiger partial charge in [0.2, 0.25) is 59.1 Å². The van der Waals surface area contributed by atoms with Crippen LogP contribution in [0.3, 0.4) is 0 Å². The molecular formula is C66H87N13O17S2. The van der Waals surface area contributed by atoms with E-state index in [0.717, 1.165) is 12.6 Å². The number of aliphatic hydroxyl groups is 1. The number of thioether (sulfide) groups is 2. The van der Waals surface area contributed by atoms with E-state index in [1.807, 2.05) is 19.1 Å². The van der Waals surface area contributed by atoms with Crippen molar-refractivity contribution in [2.75, 3.05) is 37.9 Å². The van der Waals surface area contributed by atoms with Crippen LogP contribution in [0.15, 0.2) is 78.1 Å². The van der Waals surface area contributed by atoms with Crippen molar-refractivity contribution in [1.82, 2.24) is 52.4 Å². The molecule has 32 heteroatoms. The summed E-state index contributed by atoms with van der Waals surface area (Å²) < 4.78 is 6.28. The quantitative estimate of drug-likeness (QED) is 0.0719. The maximum absolute atomic E-state index is 15.2. The number of phenols is 1. The van der Waals surface area contributed by atoms with Crippen LogP contribution in [0.2, 0.25) is 0 Å². The van der Waals surface area contributed by atoms with Crippen molar-refractivity contribution in [3.8, 4) is 11.5 Å². The van der Waals surface area contributed by atoms with E-state index in [4.69, 9.17) is 21.0 Å². The summed E-state index contributed by atoms with van der Waals surface area (Å²) in [6, 6.07) is 4.63. The highest BCUT2D eigenvalue weighted by molar-refractivity contribution is 7.98. The van der Waals surface area contributed by atoms with Crippen LogP contribution < -0.4 is 58.7 Å². The van der Waals surface area contributed by atoms with Gasteiger partial charge in [0.1, 0.15) is 78.7 Å². The molecule has 0 aliphatic carbocycles. The number of rotatable bonds is 15. The van der Waals surface area contributed by atoms with E-state index >= 15 is 4.79 Å². The molecule has 3 aliphatic heterocycles. The number of amides is 11. The average Bonchev–Trinajstić information content (AvgIpc) is 1.63. The number of ether oxygens (including phenoxy) is 1. The highest BCUT2D eigenvalue weighted by Gasteiger charge is 2.41. The second-order valence-electron chi connectivity index (χ2n) is 24.1. The number of carboxylic acids is 1. The molecule has 3 aliphatic rings. The topological polar surface area (TPSA) is 464 Å². The molecular weight excluding hydrogens is 1310 g/mol. The van der Waals surface area contributed by atoms with Crippen molar-refractivity contribution in [3.63, 3.8) is 0 Å². The number of hydrogen-bond donors (Lipinski definition) is 14. The van der Waals surface area contributed by atoms with Gasteiger partial charge in [0.25, 0.3) is 5.91 Å². The van der Waals surface area contributed by atoms with E-state index in [0.29, 0.717) is 84.0 Å². The normalized spacial score (nSPS) is 24.2. The Hall–Kier alpha value is -9.43. The number of aliphatic hydroxyl groups excluding tert-OH is 1. The molecule has 0 spiro atoms. The summed E-state index contributed by atoms with van der Waals surface area (Å²) in [7, 11) is 0. The molecule has 1 fully saturated rings. The number of nitrogens with two attached hydrogens (primary N) is 2. The molecule has 530 valence electrons. The van der Waals surface area contributed by atoms with Crippen LogP contribution in [0.1, 0.15) is 113 Å². The van der Waals surface area contributed by atoms with Gasteiger partial charge in [-0.15, -0.1) is 0 Å². The number of carbonyl (C=O) groups excluding carboxylic acids is 11. The smallest absolute Gasteiger partial charge is 0.305 e. The molecule has 0 saturated carbocycles. The van der Waals surface area contributed by atoms with Gasteiger partial charge in [-0.3, -0.25) is 57.5 Å². The van der Waals surface area contributed by atoms with Crippen molar-refractivity contribution < 1.29 is 82.4 Å². The number of aromatic nitrogens is 1. The Kier molecular flexibility index (Phi) is 29.8. The maximum atomic E-state index is 15.2. The van der Waals surface area contributed by atoms with Crippen LogP contribution in [-0.4, -0.2) is 195 Å². The average molecular weight is 1400 g/mol. The second-order valence-corrected chi connectivity index (χ2v) is 26.2. The number of aromatic amines is 1. The van der Waals surface area contributed by atoms with Gasteiger partial charge in [-0.2, -0.15) is 23.5 Å². The number of primary amides is 2. The van der Waals surface area contributed by atoms with Crippen molar-refractivity contribution in [1.29, 1.82) is 0 Å². The number of hydrogen-bond acceptors (Lipinski definition) is 19. The zero-order valence-electron chi connectivity index (χ0n) is 54.4. The van der Waals surface area contributed by atoms with Crippen molar-refractivity contribution in [2.24, 2.45) is 16.6 Å². The maximum Gasteiger partial charge on any atom is 0.305 e. The molecule has 11 amide bonds. The molecule has 4 aromatic rings. The lowest BCUT2D eigenvalue weighted by Gasteiger charge is -2.31. The predicted octanol–water partition coefficient (Wildman–Crippen LogP) is 0.462. The van der Waals surface area contributed by atoms with Crippen LogP contribution in [-0.2, 0) is 86.7 Å². The van der Waals surface area contributed by atoms with Gasteiger partial charge in [-0.05, 0) is 104 Å². The third kappa shape index (κ3) is 23.7. The number of unbranched alkanes of at least 4 members (excludes halogenated alkanes) is 2. The fraction of sp³-hybridized carbons (Fsp3) is 0.500. The standard InChI is InChI=1S/C66H87N13O17S2/c1-2-3-6-14-46-59(87)74-48(28-38-16-18-42(81)19-17-38)61(89)77-52(58(68)86)36-97-34-39-25-40-27-43(26-39)95-23-9-4-5-10-24-96-70-32-56(83)71-50(30-57(84)85)63(91)78-53(37-98-35-40)66(94)79-22-11-15-54(79)65(93)75-49(29-41-31-69-45-13-8-7-12-44(41)45)62(90)73-47(20-21-55(67)82)60(88)76-51(33-80)64(92)72-46/h7-8,12-13,16-19,25-27,31-32,46-54,69,80-81H,2-6,9-11,14-15,20-24,28-30,33-37H2,1H3,(H2,67,82)(H2,68,86)(H,71,83)(H,72,92)(H,73,90)(H,74,87)(H,75,93)(H,76,88)(H,77,89)(H,78,91)(H,84,85)/b70-32+/t46-,47-,48-,49-,50?,51-,52?,53-,54-/m0/s1. The molecule has 30 nitrogen and oxygen atoms in total. The predicted molar refractivity (Wildman–Crippen MR) is 362 cm³/mol. The lowest BCUT2D eigenvalue weighted by molar-refractivity contribution is -0.143. The van der Waals surface area contributed by atoms with Gasteiger partial charge >= 0.3 is 5.97 Å². The summed E-state index contributed by atoms with van der Waals surface area (Å²) in [4.78, 5) is 178. The Labute approximate surface area is 574 Å². The lowest BCUT2D eigenvalue weighted by atomic mass is 10.0. The Bertz CT molecular complexity index is 3500. The number of para-hydroxylation sites is 1. The summed E-state index contributed by atoms with van der Waals surface area (Å²) >= 11 is 2.41. The molecule has 4 bridgehead atoms. The Morgan fingerprint density at radius 3 is 1.95 bits per heavy atom. The number of nitrogens with zero attached hydrogens (tertiary/aromatic N) is 2. The second kappa shape index (κ2) is 38.5. The van der Waals surface area contributed by atoms with Gasteiger partial charge in [0, 0.05) is 65.9 Å². The Morgan fingerprint density at radius 2 is 1.27 bits per heavy atom. The number of phenolic OH excluding ortho intramolecular Hbond substituents is 1. The first kappa shape index (κ1) is 75.9. The Morgan fingerprint density at radius 1 is 0.653 bits per heavy atom. The zero-order valence-corrected chi connectivity index (χ0v) is 56.0. The molecule has 1 saturated heterocycles. The third-order valence-electron chi connectivity index (χ3n) is 16.5. The monoisotopic (exact) mass is 1400 g/mol. The minimum atomic E-state index is -1.81. The molecule has 7 rings (SSSR count). The molecule has 3 aromatic carbocycles. The number of oxime groups is 1. The first-order valence-corrected chi connectivity index (χ1v) is 34.9. The van der Waals surface area contributed by atoms with Crippen molar-refractivity contribution >= 4 is 112 Å². The first-order chi connectivity index (χ1) is 47.1. The highest BCUT2D eigenvalue weighted by atomic mass is 32.2. The van der Waals surface area contributed by atoms with E-state index in [-0.39, 0.29) is 74.0 Å². The molecule has 9 atom stereocenters. The largest absolute Gasteiger partial charge is 0.508 e. The molecule has 0 radical (unpaired) electrons. The van der Waals surface area contributed by atoms with Crippen LogP contribution in [0.25, 0.3) is 10.9 Å². The van der Waals surface area contributed by atoms with E-state index in [9.17, 15) is 68.1 Å². The fourth-order valence-electron chi connectivity index (χ4n) is 11.3. The SMILES string of the molecule is CCCCC[C@@H]1NC(=O)[C@H](CO)NC(=O)[C@H](CCC(N)=O)NC(=O)[C@H](Cc2c[nH]c3ccccc23)NC(=O)[C@@H]2CCCN2C(=O)[C@@H]2CSCc3cc(cc(c3)OCCCCCCO/N=C/C(=O)NC(CC(=O)O)C(=O)N2)CSCC(C(N)=O)NC(=O)[C@H](Cc2ccc(O)cc2)NC1=O. The molecule has 1 aromatic heterocycles. The lowest BCUT2D eigenvalue weighted by Crippen LogP contribution is -2.61. The van der Waals surface area contributed by atoms with Gasteiger partial charge < -0.3 is 88.8 Å². The third-order valence-corrected chi connectivity index (χ3v) is 18.7. The first-order valence-electron chi connectivity index (χ1n) is 32.6. The van der Waals surface area contributed by atoms with E-state index in [1.54, 1.807) is 36.5 Å². The molecule has 4 heterocycles. The number of aromatic hydroxyl groups is 1. The van der Waals surface area contributed by atoms with Crippen LogP contribution >= 0.6 is 23.5 Å². The summed E-state index contributed by atoms with van der Waals surface area (Å²) in [5.74, 6) is -11.2. The summed E-state index contributed by atoms with van der Waals surface area (Å²) in [5.41, 5.74) is 14.6. The zero-order chi connectivity index (χ0) is 70.7. The number of fused-ring (bicyclic) bond motifs is 7. The fourth-order valence-corrected chi connectivity index (χ4v) is 13.3. The van der Waals surface area contributed by atoms with Gasteiger partial charge in [0.15, 0.2) is 0 Å². The highest BCUT2D eigenvalue weighted by Crippen LogP contribution is 2.28. The number of benzene rings is 3. The number of aliphatic carboxylic acids is 1. The number of carboxylic acid groups (broad SMARTS) is 1. The summed E-state index contributed by atoms with van der Waals surface area (Å²) in [5, 5.41) is 55.8. The van der Waals surface area contributed by atoms with Crippen molar-refractivity contribution in [3.05, 3.63) is 95.2 Å². The van der Waals surface area contributed by atoms with Gasteiger partial charge in [-0.1, -0.05) is 67.7 Å². The number of nitrogens with one attached hydrogen (secondary N) is 9. The molecule has 16 N–H and O–H groups in total. The number of H-pyrrole nitrogens is 1. The van der Waals surface area contributed by atoms with Crippen LogP contribution in [0.4, 0.5) is 0 Å². The Balaban J connectivity index is 1.29. The minimum absolute atomic E-state index is 0.00489. The van der Waals surface area contributed by atoms with E-state index in [1.165, 1.54) is 52.7 Å². The minimum Gasteiger partial charge on any atom is -0.508 e. The molecule has 98 heavy (non-hydrogen) atoms. The van der Waals surface area contributed by atoms with Crippen LogP contribution in [0.5, 0.6) is 11.5 Å². The van der Waals surface area contributed by atoms with Gasteiger partial charge in [0.05, 0.1) is 19.6 Å². The summed E-state index contributed by atoms with van der Waals surface area (Å²) in [6.07, 6.45) is 4.72.